The van der Waals surface area contributed by atoms with E-state index in [1.54, 1.807) is 0 Å². The first-order chi connectivity index (χ1) is 4.70. The molecule has 1 heterocycles. The van der Waals surface area contributed by atoms with Gasteiger partial charge in [-0.2, -0.15) is 0 Å². The fraction of sp³-hybridized carbons (Fsp3) is 1.00. The van der Waals surface area contributed by atoms with Crippen molar-refractivity contribution in [2.75, 3.05) is 6.54 Å². The fourth-order valence-electron chi connectivity index (χ4n) is 1.50. The van der Waals surface area contributed by atoms with Crippen LogP contribution in [-0.2, 0) is 0 Å². The van der Waals surface area contributed by atoms with Crippen LogP contribution in [-0.4, -0.2) is 10.6 Å². The van der Waals surface area contributed by atoms with Crippen molar-refractivity contribution in [3.05, 3.63) is 0 Å². The van der Waals surface area contributed by atoms with Crippen LogP contribution < -0.4 is 5.32 Å². The molecule has 2 heteroatoms. The van der Waals surface area contributed by atoms with Gasteiger partial charge in [-0.3, -0.25) is 0 Å². The first kappa shape index (κ1) is 8.78. The molecule has 1 fully saturated rings. The number of hydrogen-bond acceptors (Lipinski definition) is 1. The van der Waals surface area contributed by atoms with Gasteiger partial charge in [0.25, 0.3) is 0 Å². The van der Waals surface area contributed by atoms with Gasteiger partial charge in [-0.1, -0.05) is 36.4 Å². The zero-order valence-electron chi connectivity index (χ0n) is 6.73. The molecular formula is C8H16IN. The molecule has 0 spiro atoms. The first-order valence-electron chi connectivity index (χ1n) is 4.07. The molecule has 0 aromatic rings. The molecule has 1 N–H and O–H groups in total. The highest BCUT2D eigenvalue weighted by atomic mass is 127. The van der Waals surface area contributed by atoms with Gasteiger partial charge in [-0.15, -0.1) is 0 Å². The molecule has 0 bridgehead atoms. The normalized spacial score (nSPS) is 34.8. The molecule has 1 saturated heterocycles. The summed E-state index contributed by atoms with van der Waals surface area (Å²) in [7, 11) is 0. The topological polar surface area (TPSA) is 12.0 Å². The minimum atomic E-state index is 0.721. The van der Waals surface area contributed by atoms with E-state index in [0.29, 0.717) is 0 Å². The maximum Gasteiger partial charge on any atom is 0.0596 e. The highest BCUT2D eigenvalue weighted by molar-refractivity contribution is 14.1. The lowest BCUT2D eigenvalue weighted by molar-refractivity contribution is 0.285. The third kappa shape index (κ3) is 2.38. The fourth-order valence-corrected chi connectivity index (χ4v) is 2.46. The van der Waals surface area contributed by atoms with E-state index in [2.05, 4.69) is 41.8 Å². The Hall–Kier alpha value is 0.690. The molecule has 0 saturated carbocycles. The van der Waals surface area contributed by atoms with Gasteiger partial charge in [0, 0.05) is 0 Å². The SMILES string of the molecule is CC(C)[C@@H]1CCN[C@H](I)C1. The molecule has 0 radical (unpaired) electrons. The average Bonchev–Trinajstić information content (AvgIpc) is 1.88. The zero-order valence-corrected chi connectivity index (χ0v) is 8.89. The molecule has 0 amide bonds. The first-order valence-corrected chi connectivity index (χ1v) is 5.32. The molecule has 1 aliphatic rings. The Balaban J connectivity index is 2.32. The predicted molar refractivity (Wildman–Crippen MR) is 53.4 cm³/mol. The van der Waals surface area contributed by atoms with Crippen LogP contribution in [0.2, 0.25) is 0 Å². The summed E-state index contributed by atoms with van der Waals surface area (Å²) in [6.45, 7) is 5.88. The number of halogens is 1. The summed E-state index contributed by atoms with van der Waals surface area (Å²) in [6.07, 6.45) is 2.73. The van der Waals surface area contributed by atoms with E-state index in [1.807, 2.05) is 0 Å². The quantitative estimate of drug-likeness (QED) is 0.430. The molecule has 0 aliphatic carbocycles. The van der Waals surface area contributed by atoms with Gasteiger partial charge >= 0.3 is 0 Å². The molecule has 60 valence electrons. The second-order valence-corrected chi connectivity index (χ2v) is 4.95. The van der Waals surface area contributed by atoms with E-state index >= 15 is 0 Å². The van der Waals surface area contributed by atoms with Crippen LogP contribution in [0.15, 0.2) is 0 Å². The van der Waals surface area contributed by atoms with Crippen LogP contribution in [0.1, 0.15) is 26.7 Å². The number of rotatable bonds is 1. The Morgan fingerprint density at radius 2 is 2.20 bits per heavy atom. The highest BCUT2D eigenvalue weighted by Gasteiger charge is 2.21. The molecule has 0 aromatic carbocycles. The molecule has 1 rings (SSSR count). The Labute approximate surface area is 77.1 Å². The van der Waals surface area contributed by atoms with Gasteiger partial charge < -0.3 is 5.32 Å². The third-order valence-corrected chi connectivity index (χ3v) is 3.28. The smallest absolute Gasteiger partial charge is 0.0596 e. The van der Waals surface area contributed by atoms with Crippen LogP contribution in [0.25, 0.3) is 0 Å². The Morgan fingerprint density at radius 3 is 2.60 bits per heavy atom. The largest absolute Gasteiger partial charge is 0.305 e. The van der Waals surface area contributed by atoms with Crippen LogP contribution in [0.3, 0.4) is 0 Å². The van der Waals surface area contributed by atoms with Gasteiger partial charge in [-0.05, 0) is 31.2 Å². The van der Waals surface area contributed by atoms with Crippen molar-refractivity contribution in [2.24, 2.45) is 11.8 Å². The zero-order chi connectivity index (χ0) is 7.56. The lowest BCUT2D eigenvalue weighted by Gasteiger charge is -2.29. The second kappa shape index (κ2) is 3.90. The van der Waals surface area contributed by atoms with Crippen molar-refractivity contribution >= 4 is 22.6 Å². The molecule has 10 heavy (non-hydrogen) atoms. The summed E-state index contributed by atoms with van der Waals surface area (Å²) in [5.74, 6) is 1.84. The minimum Gasteiger partial charge on any atom is -0.305 e. The van der Waals surface area contributed by atoms with Crippen molar-refractivity contribution in [1.82, 2.24) is 5.32 Å². The van der Waals surface area contributed by atoms with Crippen LogP contribution in [0.4, 0.5) is 0 Å². The summed E-state index contributed by atoms with van der Waals surface area (Å²) in [5.41, 5.74) is 0. The van der Waals surface area contributed by atoms with E-state index in [1.165, 1.54) is 19.4 Å². The summed E-state index contributed by atoms with van der Waals surface area (Å²) in [6, 6.07) is 0. The lowest BCUT2D eigenvalue weighted by atomic mass is 9.87. The van der Waals surface area contributed by atoms with Crippen LogP contribution in [0, 0.1) is 11.8 Å². The van der Waals surface area contributed by atoms with Gasteiger partial charge in [0.05, 0.1) is 4.05 Å². The van der Waals surface area contributed by atoms with E-state index < -0.39 is 0 Å². The van der Waals surface area contributed by atoms with Crippen LogP contribution in [0.5, 0.6) is 0 Å². The van der Waals surface area contributed by atoms with E-state index in [4.69, 9.17) is 0 Å². The highest BCUT2D eigenvalue weighted by Crippen LogP contribution is 2.25. The summed E-state index contributed by atoms with van der Waals surface area (Å²) >= 11 is 2.49. The van der Waals surface area contributed by atoms with Gasteiger partial charge in [-0.25, -0.2) is 0 Å². The van der Waals surface area contributed by atoms with Gasteiger partial charge in [0.2, 0.25) is 0 Å². The number of hydrogen-bond donors (Lipinski definition) is 1. The summed E-state index contributed by atoms with van der Waals surface area (Å²) in [4.78, 5) is 0. The molecule has 2 atom stereocenters. The van der Waals surface area contributed by atoms with Crippen molar-refractivity contribution in [3.63, 3.8) is 0 Å². The maximum absolute atomic E-state index is 3.45. The van der Waals surface area contributed by atoms with E-state index in [9.17, 15) is 0 Å². The Bertz CT molecular complexity index is 103. The number of nitrogens with one attached hydrogen (secondary N) is 1. The Morgan fingerprint density at radius 1 is 1.50 bits per heavy atom. The molecule has 0 aromatic heterocycles. The second-order valence-electron chi connectivity index (χ2n) is 3.45. The summed E-state index contributed by atoms with van der Waals surface area (Å²) in [5, 5.41) is 3.45. The molecular weight excluding hydrogens is 237 g/mol. The molecule has 1 aliphatic heterocycles. The number of alkyl halides is 1. The average molecular weight is 253 g/mol. The van der Waals surface area contributed by atoms with Crippen molar-refractivity contribution in [1.29, 1.82) is 0 Å². The van der Waals surface area contributed by atoms with Crippen molar-refractivity contribution in [2.45, 2.75) is 30.7 Å². The van der Waals surface area contributed by atoms with Crippen LogP contribution >= 0.6 is 22.6 Å². The third-order valence-electron chi connectivity index (χ3n) is 2.33. The van der Waals surface area contributed by atoms with E-state index in [-0.39, 0.29) is 0 Å². The molecule has 1 nitrogen and oxygen atoms in total. The van der Waals surface area contributed by atoms with Crippen molar-refractivity contribution < 1.29 is 0 Å². The van der Waals surface area contributed by atoms with Crippen molar-refractivity contribution in [3.8, 4) is 0 Å². The Kier molecular flexibility index (Phi) is 3.43. The predicted octanol–water partition coefficient (Wildman–Crippen LogP) is 2.40. The van der Waals surface area contributed by atoms with E-state index in [0.717, 1.165) is 15.9 Å². The monoisotopic (exact) mass is 253 g/mol. The standard InChI is InChI=1S/C8H16IN/c1-6(2)7-3-4-10-8(9)5-7/h6-8,10H,3-5H2,1-2H3/t7-,8+/m1/s1. The minimum absolute atomic E-state index is 0.721. The number of piperidine rings is 1. The van der Waals surface area contributed by atoms with Gasteiger partial charge in [0.15, 0.2) is 0 Å². The maximum atomic E-state index is 3.45. The summed E-state index contributed by atoms with van der Waals surface area (Å²) < 4.78 is 0.721. The molecule has 0 unspecified atom stereocenters. The van der Waals surface area contributed by atoms with Gasteiger partial charge in [0.1, 0.15) is 0 Å². The lowest BCUT2D eigenvalue weighted by Crippen LogP contribution is -2.35.